The molecule has 5 nitrogen and oxygen atoms in total. The van der Waals surface area contributed by atoms with Gasteiger partial charge in [-0.2, -0.15) is 31.6 Å². The van der Waals surface area contributed by atoms with Crippen LogP contribution in [0.4, 0.5) is 37.7 Å². The Morgan fingerprint density at radius 1 is 1.03 bits per heavy atom. The number of carbonyl (C=O) groups is 1. The van der Waals surface area contributed by atoms with Crippen molar-refractivity contribution in [3.63, 3.8) is 0 Å². The fourth-order valence-electron chi connectivity index (χ4n) is 3.24. The van der Waals surface area contributed by atoms with Crippen molar-refractivity contribution in [2.45, 2.75) is 25.8 Å². The van der Waals surface area contributed by atoms with Gasteiger partial charge < -0.3 is 14.6 Å². The Bertz CT molecular complexity index is 1210. The van der Waals surface area contributed by atoms with E-state index in [0.29, 0.717) is 28.0 Å². The molecule has 0 radical (unpaired) electrons. The lowest BCUT2D eigenvalue weighted by atomic mass is 10.1. The average molecular weight is 481 g/mol. The maximum atomic E-state index is 13.3. The number of hydrogen-bond acceptors (Lipinski definition) is 4. The van der Waals surface area contributed by atoms with Crippen molar-refractivity contribution in [1.82, 2.24) is 0 Å². The fraction of sp³-hybridized carbons (Fsp3) is 0.217. The molecule has 0 saturated carbocycles. The number of nitrogens with one attached hydrogen (secondary N) is 1. The van der Waals surface area contributed by atoms with Crippen molar-refractivity contribution in [2.75, 3.05) is 16.8 Å². The second kappa shape index (κ2) is 9.51. The van der Waals surface area contributed by atoms with E-state index >= 15 is 0 Å². The van der Waals surface area contributed by atoms with Crippen molar-refractivity contribution >= 4 is 17.3 Å². The summed E-state index contributed by atoms with van der Waals surface area (Å²) >= 11 is 0. The number of hydrogen-bond donors (Lipinski definition) is 1. The van der Waals surface area contributed by atoms with E-state index in [1.807, 2.05) is 0 Å². The summed E-state index contributed by atoms with van der Waals surface area (Å²) in [5.41, 5.74) is -1.24. The van der Waals surface area contributed by atoms with Gasteiger partial charge in [-0.15, -0.1) is 0 Å². The van der Waals surface area contributed by atoms with E-state index in [2.05, 4.69) is 5.32 Å². The van der Waals surface area contributed by atoms with Crippen molar-refractivity contribution in [3.8, 4) is 17.4 Å². The zero-order chi connectivity index (χ0) is 25.1. The lowest BCUT2D eigenvalue weighted by molar-refractivity contribution is -0.137. The Labute approximate surface area is 190 Å². The summed E-state index contributed by atoms with van der Waals surface area (Å²) in [5, 5.41) is 11.5. The number of carbonyl (C=O) groups excluding carboxylic acids is 1. The molecule has 0 bridgehead atoms. The van der Waals surface area contributed by atoms with Gasteiger partial charge in [-0.25, -0.2) is 0 Å². The van der Waals surface area contributed by atoms with Crippen LogP contribution in [0, 0.1) is 11.3 Å². The molecular formula is C23H17F6N3O2. The lowest BCUT2D eigenvalue weighted by Crippen LogP contribution is -2.34. The van der Waals surface area contributed by atoms with Gasteiger partial charge in [-0.05, 0) is 54.6 Å². The molecule has 178 valence electrons. The van der Waals surface area contributed by atoms with Crippen LogP contribution >= 0.6 is 0 Å². The molecule has 1 heterocycles. The van der Waals surface area contributed by atoms with Crippen molar-refractivity contribution < 1.29 is 35.6 Å². The molecule has 0 aliphatic carbocycles. The summed E-state index contributed by atoms with van der Waals surface area (Å²) in [6.07, 6.45) is -9.62. The van der Waals surface area contributed by atoms with Crippen molar-refractivity contribution in [3.05, 3.63) is 71.5 Å². The molecule has 0 aliphatic heterocycles. The second-order valence-corrected chi connectivity index (χ2v) is 7.34. The summed E-state index contributed by atoms with van der Waals surface area (Å²) in [5.74, 6) is 0.157. The minimum Gasteiger partial charge on any atom is -0.459 e. The summed E-state index contributed by atoms with van der Waals surface area (Å²) in [4.78, 5) is 11.8. The van der Waals surface area contributed by atoms with Crippen molar-refractivity contribution in [2.24, 2.45) is 0 Å². The predicted octanol–water partition coefficient (Wildman–Crippen LogP) is 6.36. The van der Waals surface area contributed by atoms with Crippen LogP contribution in [-0.2, 0) is 17.5 Å². The van der Waals surface area contributed by atoms with Gasteiger partial charge in [0.2, 0.25) is 5.91 Å². The third kappa shape index (κ3) is 6.31. The van der Waals surface area contributed by atoms with Gasteiger partial charge in [-0.3, -0.25) is 4.79 Å². The summed E-state index contributed by atoms with van der Waals surface area (Å²) in [6.45, 7) is -0.644. The first-order valence-corrected chi connectivity index (χ1v) is 9.75. The molecule has 0 spiro atoms. The predicted molar refractivity (Wildman–Crippen MR) is 112 cm³/mol. The maximum absolute atomic E-state index is 13.3. The van der Waals surface area contributed by atoms with E-state index in [1.165, 1.54) is 25.1 Å². The Morgan fingerprint density at radius 2 is 1.71 bits per heavy atom. The highest BCUT2D eigenvalue weighted by molar-refractivity contribution is 5.88. The molecule has 2 aromatic carbocycles. The van der Waals surface area contributed by atoms with Crippen LogP contribution in [0.2, 0.25) is 0 Å². The zero-order valence-electron chi connectivity index (χ0n) is 17.6. The number of anilines is 2. The molecule has 0 unspecified atom stereocenters. The van der Waals surface area contributed by atoms with Gasteiger partial charge >= 0.3 is 12.4 Å². The third-order valence-electron chi connectivity index (χ3n) is 4.66. The zero-order valence-corrected chi connectivity index (χ0v) is 17.6. The van der Waals surface area contributed by atoms with E-state index in [4.69, 9.17) is 9.68 Å². The Hall–Kier alpha value is -3.94. The molecule has 1 amide bonds. The van der Waals surface area contributed by atoms with Gasteiger partial charge in [0.1, 0.15) is 18.1 Å². The van der Waals surface area contributed by atoms with Crippen LogP contribution in [0.1, 0.15) is 23.8 Å². The summed E-state index contributed by atoms with van der Waals surface area (Å²) in [7, 11) is 0. The van der Waals surface area contributed by atoms with Gasteiger partial charge in [0, 0.05) is 23.9 Å². The monoisotopic (exact) mass is 481 g/mol. The first-order chi connectivity index (χ1) is 15.9. The molecule has 0 atom stereocenters. The van der Waals surface area contributed by atoms with Gasteiger partial charge in [-0.1, -0.05) is 0 Å². The average Bonchev–Trinajstić information content (AvgIpc) is 3.20. The van der Waals surface area contributed by atoms with E-state index in [9.17, 15) is 31.1 Å². The summed E-state index contributed by atoms with van der Waals surface area (Å²) in [6, 6.07) is 13.2. The number of furan rings is 1. The lowest BCUT2D eigenvalue weighted by Gasteiger charge is -2.26. The number of nitriles is 1. The van der Waals surface area contributed by atoms with Gasteiger partial charge in [0.25, 0.3) is 0 Å². The van der Waals surface area contributed by atoms with E-state index in [0.717, 1.165) is 12.1 Å². The molecule has 34 heavy (non-hydrogen) atoms. The van der Waals surface area contributed by atoms with Crippen LogP contribution in [-0.4, -0.2) is 18.6 Å². The standard InChI is InChI=1S/C23H17F6N3O2/c1-14(33)31-17-5-2-15(3-6-17)21-9-8-19(34-21)12-32(13-22(24,25)26)18-7-4-16(11-30)20(10-18)23(27,28)29/h2-10H,12-13H2,1H3,(H,31,33). The topological polar surface area (TPSA) is 69.3 Å². The third-order valence-corrected chi connectivity index (χ3v) is 4.66. The molecule has 0 saturated heterocycles. The largest absolute Gasteiger partial charge is 0.459 e. The second-order valence-electron chi connectivity index (χ2n) is 7.34. The molecule has 0 fully saturated rings. The number of amides is 1. The number of halogens is 6. The highest BCUT2D eigenvalue weighted by Crippen LogP contribution is 2.36. The molecular weight excluding hydrogens is 464 g/mol. The van der Waals surface area contributed by atoms with E-state index < -0.39 is 36.6 Å². The normalized spacial score (nSPS) is 11.7. The van der Waals surface area contributed by atoms with Gasteiger partial charge in [0.05, 0.1) is 23.7 Å². The summed E-state index contributed by atoms with van der Waals surface area (Å²) < 4.78 is 85.1. The Balaban J connectivity index is 1.89. The number of nitrogens with zero attached hydrogens (tertiary/aromatic N) is 2. The molecule has 1 N–H and O–H groups in total. The first-order valence-electron chi connectivity index (χ1n) is 9.75. The quantitative estimate of drug-likeness (QED) is 0.416. The molecule has 3 aromatic rings. The van der Waals surface area contributed by atoms with Gasteiger partial charge in [0.15, 0.2) is 0 Å². The van der Waals surface area contributed by atoms with Crippen LogP contribution in [0.25, 0.3) is 11.3 Å². The van der Waals surface area contributed by atoms with Crippen LogP contribution in [0.5, 0.6) is 0 Å². The molecule has 1 aromatic heterocycles. The minimum absolute atomic E-state index is 0.0862. The van der Waals surface area contributed by atoms with Crippen LogP contribution in [0.3, 0.4) is 0 Å². The molecule has 3 rings (SSSR count). The fourth-order valence-corrected chi connectivity index (χ4v) is 3.24. The number of rotatable bonds is 6. The number of benzene rings is 2. The first kappa shape index (κ1) is 24.7. The Kier molecular flexibility index (Phi) is 6.91. The highest BCUT2D eigenvalue weighted by Gasteiger charge is 2.36. The molecule has 11 heteroatoms. The van der Waals surface area contributed by atoms with E-state index in [1.54, 1.807) is 24.3 Å². The highest BCUT2D eigenvalue weighted by atomic mass is 19.4. The molecule has 0 aliphatic rings. The minimum atomic E-state index is -4.91. The Morgan fingerprint density at radius 3 is 2.26 bits per heavy atom. The smallest absolute Gasteiger partial charge is 0.417 e. The van der Waals surface area contributed by atoms with Crippen LogP contribution in [0.15, 0.2) is 59.0 Å². The SMILES string of the molecule is CC(=O)Nc1ccc(-c2ccc(CN(CC(F)(F)F)c3ccc(C#N)c(C(F)(F)F)c3)o2)cc1. The number of alkyl halides is 6. The maximum Gasteiger partial charge on any atom is 0.417 e. The van der Waals surface area contributed by atoms with Crippen LogP contribution < -0.4 is 10.2 Å². The van der Waals surface area contributed by atoms with E-state index in [-0.39, 0.29) is 17.4 Å². The van der Waals surface area contributed by atoms with Crippen molar-refractivity contribution in [1.29, 1.82) is 5.26 Å².